The van der Waals surface area contributed by atoms with Crippen molar-refractivity contribution in [2.75, 3.05) is 29.9 Å². The van der Waals surface area contributed by atoms with E-state index >= 15 is 0 Å². The maximum Gasteiger partial charge on any atom is 0.253 e. The van der Waals surface area contributed by atoms with Crippen LogP contribution in [0.2, 0.25) is 0 Å². The maximum absolute atomic E-state index is 12.6. The van der Waals surface area contributed by atoms with Gasteiger partial charge >= 0.3 is 0 Å². The second kappa shape index (κ2) is 7.70. The number of carbonyl (C=O) groups is 1. The van der Waals surface area contributed by atoms with Crippen LogP contribution in [0.1, 0.15) is 34.6 Å². The fraction of sp³-hybridized carbons (Fsp3) is 0.471. The van der Waals surface area contributed by atoms with Gasteiger partial charge < -0.3 is 14.6 Å². The zero-order chi connectivity index (χ0) is 16.9. The highest BCUT2D eigenvalue weighted by molar-refractivity contribution is 7.99. The maximum atomic E-state index is 12.6. The smallest absolute Gasteiger partial charge is 0.253 e. The van der Waals surface area contributed by atoms with Crippen molar-refractivity contribution >= 4 is 23.4 Å². The molecule has 0 aliphatic carbocycles. The molecule has 1 aliphatic rings. The fourth-order valence-corrected chi connectivity index (χ4v) is 3.47. The first-order valence-corrected chi connectivity index (χ1v) is 9.35. The van der Waals surface area contributed by atoms with Gasteiger partial charge in [-0.25, -0.2) is 0 Å². The molecule has 3 rings (SSSR count). The standard InChI is InChI=1S/C17H22N4O2S/c1-3-15-19-20-16(23-15)11-18-14-10-13(5-4-12(14)2)17(22)21-6-8-24-9-7-21/h4-5,10,18H,3,6-9,11H2,1-2H3. The summed E-state index contributed by atoms with van der Waals surface area (Å²) in [6.45, 7) is 6.08. The van der Waals surface area contributed by atoms with Gasteiger partial charge in [-0.1, -0.05) is 13.0 Å². The van der Waals surface area contributed by atoms with Crippen LogP contribution in [0, 0.1) is 6.92 Å². The molecule has 1 fully saturated rings. The summed E-state index contributed by atoms with van der Waals surface area (Å²) in [4.78, 5) is 14.6. The van der Waals surface area contributed by atoms with Crippen molar-refractivity contribution in [2.24, 2.45) is 0 Å². The van der Waals surface area contributed by atoms with Crippen LogP contribution < -0.4 is 5.32 Å². The minimum Gasteiger partial charge on any atom is -0.423 e. The summed E-state index contributed by atoms with van der Waals surface area (Å²) in [7, 11) is 0. The summed E-state index contributed by atoms with van der Waals surface area (Å²) in [6.07, 6.45) is 0.726. The lowest BCUT2D eigenvalue weighted by Gasteiger charge is -2.26. The second-order valence-electron chi connectivity index (χ2n) is 5.73. The summed E-state index contributed by atoms with van der Waals surface area (Å²) in [6, 6.07) is 5.78. The summed E-state index contributed by atoms with van der Waals surface area (Å²) < 4.78 is 5.51. The molecule has 1 aromatic carbocycles. The first-order chi connectivity index (χ1) is 11.7. The Balaban J connectivity index is 1.69. The Kier molecular flexibility index (Phi) is 5.40. The van der Waals surface area contributed by atoms with Gasteiger partial charge in [-0.2, -0.15) is 11.8 Å². The molecule has 1 saturated heterocycles. The molecule has 1 aromatic heterocycles. The monoisotopic (exact) mass is 346 g/mol. The van der Waals surface area contributed by atoms with E-state index in [1.54, 1.807) is 0 Å². The van der Waals surface area contributed by atoms with Crippen LogP contribution in [-0.4, -0.2) is 45.6 Å². The Morgan fingerprint density at radius 2 is 2.04 bits per heavy atom. The number of thioether (sulfide) groups is 1. The summed E-state index contributed by atoms with van der Waals surface area (Å²) in [5.74, 6) is 3.31. The van der Waals surface area contributed by atoms with E-state index in [0.29, 0.717) is 18.3 Å². The topological polar surface area (TPSA) is 71.3 Å². The number of anilines is 1. The van der Waals surface area contributed by atoms with Crippen molar-refractivity contribution in [3.8, 4) is 0 Å². The molecular weight excluding hydrogens is 324 g/mol. The SMILES string of the molecule is CCc1nnc(CNc2cc(C(=O)N3CCSCC3)ccc2C)o1. The van der Waals surface area contributed by atoms with E-state index < -0.39 is 0 Å². The molecule has 0 unspecified atom stereocenters. The van der Waals surface area contributed by atoms with Crippen LogP contribution in [0.25, 0.3) is 0 Å². The first-order valence-electron chi connectivity index (χ1n) is 8.20. The lowest BCUT2D eigenvalue weighted by molar-refractivity contribution is 0.0772. The molecule has 0 spiro atoms. The van der Waals surface area contributed by atoms with Crippen molar-refractivity contribution in [3.05, 3.63) is 41.1 Å². The number of rotatable bonds is 5. The molecule has 1 aliphatic heterocycles. The van der Waals surface area contributed by atoms with E-state index in [1.165, 1.54) is 0 Å². The van der Waals surface area contributed by atoms with E-state index in [0.717, 1.165) is 47.8 Å². The highest BCUT2D eigenvalue weighted by atomic mass is 32.2. The van der Waals surface area contributed by atoms with Crippen LogP contribution in [0.3, 0.4) is 0 Å². The van der Waals surface area contributed by atoms with Gasteiger partial charge in [-0.3, -0.25) is 4.79 Å². The Morgan fingerprint density at radius 1 is 1.29 bits per heavy atom. The van der Waals surface area contributed by atoms with E-state index in [-0.39, 0.29) is 5.91 Å². The normalized spacial score (nSPS) is 14.7. The fourth-order valence-electron chi connectivity index (χ4n) is 2.57. The third-order valence-corrected chi connectivity index (χ3v) is 4.97. The number of nitrogens with one attached hydrogen (secondary N) is 1. The quantitative estimate of drug-likeness (QED) is 0.897. The van der Waals surface area contributed by atoms with Gasteiger partial charge in [-0.15, -0.1) is 10.2 Å². The zero-order valence-electron chi connectivity index (χ0n) is 14.0. The largest absolute Gasteiger partial charge is 0.423 e. The molecule has 7 heteroatoms. The van der Waals surface area contributed by atoms with E-state index in [4.69, 9.17) is 4.42 Å². The van der Waals surface area contributed by atoms with E-state index in [1.807, 2.05) is 48.7 Å². The van der Waals surface area contributed by atoms with Crippen molar-refractivity contribution in [1.29, 1.82) is 0 Å². The number of hydrogen-bond donors (Lipinski definition) is 1. The van der Waals surface area contributed by atoms with Gasteiger partial charge in [0.2, 0.25) is 11.8 Å². The number of aryl methyl sites for hydroxylation is 2. The molecule has 0 saturated carbocycles. The van der Waals surface area contributed by atoms with Gasteiger partial charge in [0, 0.05) is 42.3 Å². The van der Waals surface area contributed by atoms with Crippen molar-refractivity contribution in [1.82, 2.24) is 15.1 Å². The van der Waals surface area contributed by atoms with Gasteiger partial charge in [0.25, 0.3) is 5.91 Å². The van der Waals surface area contributed by atoms with Crippen molar-refractivity contribution in [3.63, 3.8) is 0 Å². The molecular formula is C17H22N4O2S. The minimum atomic E-state index is 0.101. The lowest BCUT2D eigenvalue weighted by Crippen LogP contribution is -2.37. The molecule has 2 heterocycles. The number of amides is 1. The predicted octanol–water partition coefficient (Wildman–Crippen LogP) is 2.74. The number of hydrogen-bond acceptors (Lipinski definition) is 6. The van der Waals surface area contributed by atoms with Gasteiger partial charge in [-0.05, 0) is 24.6 Å². The highest BCUT2D eigenvalue weighted by Crippen LogP contribution is 2.20. The third kappa shape index (κ3) is 3.90. The van der Waals surface area contributed by atoms with Crippen LogP contribution in [0.4, 0.5) is 5.69 Å². The summed E-state index contributed by atoms with van der Waals surface area (Å²) >= 11 is 1.90. The van der Waals surface area contributed by atoms with Gasteiger partial charge in [0.15, 0.2) is 0 Å². The Hall–Kier alpha value is -2.02. The number of benzene rings is 1. The molecule has 1 N–H and O–H groups in total. The number of nitrogens with zero attached hydrogens (tertiary/aromatic N) is 3. The van der Waals surface area contributed by atoms with E-state index in [2.05, 4.69) is 15.5 Å². The lowest BCUT2D eigenvalue weighted by atomic mass is 10.1. The molecule has 0 radical (unpaired) electrons. The molecule has 0 atom stereocenters. The molecule has 1 amide bonds. The summed E-state index contributed by atoms with van der Waals surface area (Å²) in [5, 5.41) is 11.3. The second-order valence-corrected chi connectivity index (χ2v) is 6.96. The molecule has 128 valence electrons. The molecule has 6 nitrogen and oxygen atoms in total. The molecule has 0 bridgehead atoms. The first kappa shape index (κ1) is 16.8. The van der Waals surface area contributed by atoms with Gasteiger partial charge in [0.05, 0.1) is 6.54 Å². The average molecular weight is 346 g/mol. The van der Waals surface area contributed by atoms with Crippen LogP contribution in [-0.2, 0) is 13.0 Å². The third-order valence-electron chi connectivity index (χ3n) is 4.02. The minimum absolute atomic E-state index is 0.101. The Morgan fingerprint density at radius 3 is 2.75 bits per heavy atom. The van der Waals surface area contributed by atoms with Crippen molar-refractivity contribution < 1.29 is 9.21 Å². The zero-order valence-corrected chi connectivity index (χ0v) is 14.9. The van der Waals surface area contributed by atoms with Gasteiger partial charge in [0.1, 0.15) is 0 Å². The van der Waals surface area contributed by atoms with Crippen LogP contribution >= 0.6 is 11.8 Å². The molecule has 24 heavy (non-hydrogen) atoms. The highest BCUT2D eigenvalue weighted by Gasteiger charge is 2.19. The van der Waals surface area contributed by atoms with Crippen molar-refractivity contribution in [2.45, 2.75) is 26.8 Å². The predicted molar refractivity (Wildman–Crippen MR) is 95.4 cm³/mol. The average Bonchev–Trinajstić information content (AvgIpc) is 3.09. The van der Waals surface area contributed by atoms with Crippen LogP contribution in [0.5, 0.6) is 0 Å². The Bertz CT molecular complexity index is 710. The number of carbonyl (C=O) groups excluding carboxylic acids is 1. The molecule has 2 aromatic rings. The van der Waals surface area contributed by atoms with Crippen LogP contribution in [0.15, 0.2) is 22.6 Å². The number of aromatic nitrogens is 2. The Labute approximate surface area is 146 Å². The summed E-state index contributed by atoms with van der Waals surface area (Å²) in [5.41, 5.74) is 2.72. The van der Waals surface area contributed by atoms with E-state index in [9.17, 15) is 4.79 Å².